The van der Waals surface area contributed by atoms with E-state index in [1.54, 1.807) is 6.08 Å². The fraction of sp³-hybridized carbons (Fsp3) is 0.621. The van der Waals surface area contributed by atoms with Crippen LogP contribution in [0.4, 0.5) is 0 Å². The molecule has 2 N–H and O–H groups in total. The number of allylic oxidation sites excluding steroid dienone is 2. The Hall–Kier alpha value is -1.87. The predicted octanol–water partition coefficient (Wildman–Crippen LogP) is 6.15. The van der Waals surface area contributed by atoms with Crippen LogP contribution in [0.2, 0.25) is 0 Å². The van der Waals surface area contributed by atoms with Crippen LogP contribution < -0.4 is 5.32 Å². The maximum atomic E-state index is 12.4. The summed E-state index contributed by atoms with van der Waals surface area (Å²) < 4.78 is 0. The van der Waals surface area contributed by atoms with Crippen LogP contribution >= 0.6 is 0 Å². The summed E-state index contributed by atoms with van der Waals surface area (Å²) >= 11 is 0. The minimum Gasteiger partial charge on any atom is -0.393 e. The molecule has 1 aromatic carbocycles. The molecule has 2 aliphatic rings. The van der Waals surface area contributed by atoms with E-state index in [-0.39, 0.29) is 22.8 Å². The first-order chi connectivity index (χ1) is 15.0. The molecule has 0 heterocycles. The summed E-state index contributed by atoms with van der Waals surface area (Å²) in [6, 6.07) is 8.47. The molecule has 0 bridgehead atoms. The number of aliphatic hydroxyl groups excluding tert-OH is 1. The highest BCUT2D eigenvalue weighted by molar-refractivity contribution is 5.88. The minimum atomic E-state index is -0.210. The Labute approximate surface area is 195 Å². The fourth-order valence-electron chi connectivity index (χ4n) is 6.50. The first-order valence-corrected chi connectivity index (χ1v) is 12.4. The molecule has 176 valence electrons. The van der Waals surface area contributed by atoms with Crippen molar-refractivity contribution in [3.63, 3.8) is 0 Å². The number of rotatable bonds is 7. The van der Waals surface area contributed by atoms with E-state index in [0.717, 1.165) is 50.5 Å². The Morgan fingerprint density at radius 2 is 1.91 bits per heavy atom. The Bertz CT molecular complexity index is 850. The summed E-state index contributed by atoms with van der Waals surface area (Å²) in [5, 5.41) is 13.7. The summed E-state index contributed by atoms with van der Waals surface area (Å²) in [5.74, 6) is 0.979. The van der Waals surface area contributed by atoms with E-state index in [2.05, 4.69) is 70.8 Å². The maximum Gasteiger partial charge on any atom is 0.243 e. The van der Waals surface area contributed by atoms with Gasteiger partial charge >= 0.3 is 0 Å². The highest BCUT2D eigenvalue weighted by atomic mass is 16.3. The predicted molar refractivity (Wildman–Crippen MR) is 133 cm³/mol. The van der Waals surface area contributed by atoms with Crippen molar-refractivity contribution in [3.8, 4) is 0 Å². The van der Waals surface area contributed by atoms with Gasteiger partial charge in [-0.1, -0.05) is 68.3 Å². The zero-order valence-electron chi connectivity index (χ0n) is 20.8. The fourth-order valence-corrected chi connectivity index (χ4v) is 6.50. The van der Waals surface area contributed by atoms with Gasteiger partial charge in [0.2, 0.25) is 5.91 Å². The molecule has 0 saturated heterocycles. The smallest absolute Gasteiger partial charge is 0.243 e. The van der Waals surface area contributed by atoms with E-state index in [1.807, 2.05) is 0 Å². The minimum absolute atomic E-state index is 0.00286. The third-order valence-corrected chi connectivity index (χ3v) is 8.59. The third kappa shape index (κ3) is 5.36. The van der Waals surface area contributed by atoms with Gasteiger partial charge in [-0.3, -0.25) is 4.79 Å². The number of aryl methyl sites for hydroxylation is 1. The van der Waals surface area contributed by atoms with Gasteiger partial charge in [0.1, 0.15) is 0 Å². The van der Waals surface area contributed by atoms with Crippen LogP contribution in [0.15, 0.2) is 48.1 Å². The number of benzene rings is 1. The molecule has 2 aliphatic carbocycles. The van der Waals surface area contributed by atoms with Crippen molar-refractivity contribution in [2.45, 2.75) is 85.7 Å². The van der Waals surface area contributed by atoms with Gasteiger partial charge in [0, 0.05) is 12.6 Å². The van der Waals surface area contributed by atoms with Crippen molar-refractivity contribution in [3.05, 3.63) is 59.2 Å². The standard InChI is InChI=1S/C29H43NO2/c1-20-7-11-23(12-8-20)16-18-30-27(32)19-21(2)9-13-24-22(3)10-14-25-28(4,5)26(31)15-17-29(24,25)6/h7-8,11-12,19,24-26,31H,3,9-10,13-18H2,1-2,4-6H3,(H,30,32)/b21-19+/t24-,25-,26-,29+/m1/s1. The molecule has 1 amide bonds. The Kier molecular flexibility index (Phi) is 7.70. The lowest BCUT2D eigenvalue weighted by atomic mass is 9.46. The lowest BCUT2D eigenvalue weighted by molar-refractivity contribution is -0.124. The van der Waals surface area contributed by atoms with Crippen LogP contribution in [0.5, 0.6) is 0 Å². The summed E-state index contributed by atoms with van der Waals surface area (Å²) in [6.45, 7) is 16.2. The first-order valence-electron chi connectivity index (χ1n) is 12.4. The van der Waals surface area contributed by atoms with E-state index in [1.165, 1.54) is 16.7 Å². The van der Waals surface area contributed by atoms with E-state index in [9.17, 15) is 9.90 Å². The maximum absolute atomic E-state index is 12.4. The molecule has 3 heteroatoms. The lowest BCUT2D eigenvalue weighted by Crippen LogP contribution is -2.54. The van der Waals surface area contributed by atoms with Gasteiger partial charge in [-0.2, -0.15) is 0 Å². The van der Waals surface area contributed by atoms with Crippen molar-refractivity contribution in [2.24, 2.45) is 22.7 Å². The van der Waals surface area contributed by atoms with Crippen molar-refractivity contribution >= 4 is 5.91 Å². The van der Waals surface area contributed by atoms with E-state index < -0.39 is 0 Å². The molecule has 3 nitrogen and oxygen atoms in total. The molecule has 4 atom stereocenters. The number of hydrogen-bond acceptors (Lipinski definition) is 2. The van der Waals surface area contributed by atoms with Crippen LogP contribution in [0.3, 0.4) is 0 Å². The summed E-state index contributed by atoms with van der Waals surface area (Å²) in [4.78, 5) is 12.4. The number of carbonyl (C=O) groups excluding carboxylic acids is 1. The van der Waals surface area contributed by atoms with Gasteiger partial charge in [-0.05, 0) is 87.0 Å². The second-order valence-electron chi connectivity index (χ2n) is 11.2. The molecule has 0 radical (unpaired) electrons. The molecule has 2 saturated carbocycles. The largest absolute Gasteiger partial charge is 0.393 e. The van der Waals surface area contributed by atoms with Crippen molar-refractivity contribution in [1.82, 2.24) is 5.32 Å². The van der Waals surface area contributed by atoms with E-state index in [4.69, 9.17) is 0 Å². The number of hydrogen-bond donors (Lipinski definition) is 2. The van der Waals surface area contributed by atoms with Gasteiger partial charge in [0.15, 0.2) is 0 Å². The van der Waals surface area contributed by atoms with Gasteiger partial charge in [0.25, 0.3) is 0 Å². The van der Waals surface area contributed by atoms with Crippen molar-refractivity contribution < 1.29 is 9.90 Å². The number of fused-ring (bicyclic) bond motifs is 1. The van der Waals surface area contributed by atoms with Gasteiger partial charge in [-0.25, -0.2) is 0 Å². The molecular formula is C29H43NO2. The molecule has 1 aromatic rings. The van der Waals surface area contributed by atoms with Gasteiger partial charge in [-0.15, -0.1) is 0 Å². The Balaban J connectivity index is 1.54. The van der Waals surface area contributed by atoms with Gasteiger partial charge in [0.05, 0.1) is 6.10 Å². The molecule has 3 rings (SSSR count). The Morgan fingerprint density at radius 3 is 2.59 bits per heavy atom. The summed E-state index contributed by atoms with van der Waals surface area (Å²) in [6.07, 6.45) is 8.50. The topological polar surface area (TPSA) is 49.3 Å². The molecule has 0 unspecified atom stereocenters. The van der Waals surface area contributed by atoms with Crippen LogP contribution in [0.25, 0.3) is 0 Å². The second-order valence-corrected chi connectivity index (χ2v) is 11.2. The zero-order chi connectivity index (χ0) is 23.5. The Morgan fingerprint density at radius 1 is 1.22 bits per heavy atom. The van der Waals surface area contributed by atoms with Crippen molar-refractivity contribution in [2.75, 3.05) is 6.54 Å². The monoisotopic (exact) mass is 437 g/mol. The average Bonchev–Trinajstić information content (AvgIpc) is 2.72. The molecule has 32 heavy (non-hydrogen) atoms. The highest BCUT2D eigenvalue weighted by Gasteiger charge is 2.55. The number of carbonyl (C=O) groups is 1. The second kappa shape index (κ2) is 9.95. The van der Waals surface area contributed by atoms with Gasteiger partial charge < -0.3 is 10.4 Å². The van der Waals surface area contributed by atoms with E-state index in [0.29, 0.717) is 18.4 Å². The quantitative estimate of drug-likeness (QED) is 0.397. The summed E-state index contributed by atoms with van der Waals surface area (Å²) in [7, 11) is 0. The number of aliphatic hydroxyl groups is 1. The van der Waals surface area contributed by atoms with Crippen molar-refractivity contribution in [1.29, 1.82) is 0 Å². The molecule has 0 aliphatic heterocycles. The van der Waals surface area contributed by atoms with Crippen LogP contribution in [0, 0.1) is 29.6 Å². The molecule has 0 spiro atoms. The molecule has 0 aromatic heterocycles. The van der Waals surface area contributed by atoms with Crippen LogP contribution in [-0.4, -0.2) is 23.7 Å². The lowest BCUT2D eigenvalue weighted by Gasteiger charge is -2.59. The SMILES string of the molecule is C=C1CC[C@@H]2C(C)(C)[C@H](O)CC[C@@]2(C)[C@@H]1CC/C(C)=C/C(=O)NCCc1ccc(C)cc1. The van der Waals surface area contributed by atoms with Crippen LogP contribution in [0.1, 0.15) is 77.3 Å². The van der Waals surface area contributed by atoms with Crippen LogP contribution in [-0.2, 0) is 11.2 Å². The molecule has 2 fully saturated rings. The number of amides is 1. The highest BCUT2D eigenvalue weighted by Crippen LogP contribution is 2.61. The number of nitrogens with one attached hydrogen (secondary N) is 1. The average molecular weight is 438 g/mol. The first kappa shape index (κ1) is 24.8. The van der Waals surface area contributed by atoms with E-state index >= 15 is 0 Å². The summed E-state index contributed by atoms with van der Waals surface area (Å²) in [5.41, 5.74) is 5.14. The normalized spacial score (nSPS) is 30.0. The third-order valence-electron chi connectivity index (χ3n) is 8.59. The molecular weight excluding hydrogens is 394 g/mol. The zero-order valence-corrected chi connectivity index (χ0v) is 20.8.